The third-order valence-corrected chi connectivity index (χ3v) is 3.41. The summed E-state index contributed by atoms with van der Waals surface area (Å²) in [6.07, 6.45) is 12.3. The number of hydrogen-bond donors (Lipinski definition) is 0. The van der Waals surface area contributed by atoms with E-state index in [1.54, 1.807) is 0 Å². The van der Waals surface area contributed by atoms with Crippen molar-refractivity contribution in [3.8, 4) is 0 Å². The van der Waals surface area contributed by atoms with E-state index in [1.165, 1.54) is 44.9 Å². The fourth-order valence-electron chi connectivity index (χ4n) is 1.68. The first-order chi connectivity index (χ1) is 7.22. The van der Waals surface area contributed by atoms with Crippen LogP contribution in [0.2, 0.25) is 0 Å². The minimum atomic E-state index is -0.289. The van der Waals surface area contributed by atoms with Gasteiger partial charge in [0.15, 0.2) is 0 Å². The van der Waals surface area contributed by atoms with Crippen molar-refractivity contribution in [2.45, 2.75) is 63.1 Å². The van der Waals surface area contributed by atoms with Crippen LogP contribution in [0.5, 0.6) is 0 Å². The summed E-state index contributed by atoms with van der Waals surface area (Å²) in [7, 11) is 0. The van der Waals surface area contributed by atoms with Crippen molar-refractivity contribution < 1.29 is 0 Å². The number of allylic oxidation sites excluding steroid dienone is 1. The number of unbranched alkanes of at least 4 members (excludes halogenated alkanes) is 6. The highest BCUT2D eigenvalue weighted by Crippen LogP contribution is 2.22. The Kier molecular flexibility index (Phi) is 11.1. The molecule has 0 aromatic carbocycles. The molecular weight excluding hydrogens is 227 g/mol. The standard InChI is InChI=1S/C13H24Cl2/c1-3-5-6-7-8-9-10-11-12(4-2)13(14)15/h4,12-13H,2-3,5-11H2,1H3. The number of halogens is 2. The molecule has 0 N–H and O–H groups in total. The zero-order chi connectivity index (χ0) is 11.5. The van der Waals surface area contributed by atoms with Crippen LogP contribution in [-0.4, -0.2) is 4.84 Å². The van der Waals surface area contributed by atoms with Crippen molar-refractivity contribution in [1.29, 1.82) is 0 Å². The van der Waals surface area contributed by atoms with Gasteiger partial charge in [-0.25, -0.2) is 0 Å². The quantitative estimate of drug-likeness (QED) is 0.264. The summed E-state index contributed by atoms with van der Waals surface area (Å²) in [4.78, 5) is -0.289. The minimum absolute atomic E-state index is 0.268. The summed E-state index contributed by atoms with van der Waals surface area (Å²) in [6.45, 7) is 6.00. The van der Waals surface area contributed by atoms with E-state index >= 15 is 0 Å². The average Bonchev–Trinajstić information content (AvgIpc) is 2.21. The molecule has 0 radical (unpaired) electrons. The zero-order valence-electron chi connectivity index (χ0n) is 9.85. The minimum Gasteiger partial charge on any atom is -0.105 e. The number of hydrogen-bond acceptors (Lipinski definition) is 0. The maximum atomic E-state index is 5.82. The Morgan fingerprint density at radius 2 is 1.53 bits per heavy atom. The van der Waals surface area contributed by atoms with Crippen LogP contribution in [0.25, 0.3) is 0 Å². The van der Waals surface area contributed by atoms with Crippen LogP contribution >= 0.6 is 23.2 Å². The van der Waals surface area contributed by atoms with Gasteiger partial charge in [0.1, 0.15) is 4.84 Å². The van der Waals surface area contributed by atoms with Crippen molar-refractivity contribution in [2.75, 3.05) is 0 Å². The molecule has 2 heteroatoms. The molecule has 0 rings (SSSR count). The van der Waals surface area contributed by atoms with E-state index in [0.717, 1.165) is 6.42 Å². The van der Waals surface area contributed by atoms with E-state index in [0.29, 0.717) is 0 Å². The van der Waals surface area contributed by atoms with Gasteiger partial charge in [-0.15, -0.1) is 29.8 Å². The van der Waals surface area contributed by atoms with Gasteiger partial charge in [0.05, 0.1) is 0 Å². The monoisotopic (exact) mass is 250 g/mol. The van der Waals surface area contributed by atoms with Gasteiger partial charge < -0.3 is 0 Å². The molecule has 1 unspecified atom stereocenters. The summed E-state index contributed by atoms with van der Waals surface area (Å²) in [5.74, 6) is 0.268. The van der Waals surface area contributed by atoms with Gasteiger partial charge >= 0.3 is 0 Å². The smallest absolute Gasteiger partial charge is 0.105 e. The van der Waals surface area contributed by atoms with Crippen LogP contribution < -0.4 is 0 Å². The second kappa shape index (κ2) is 10.8. The molecule has 90 valence electrons. The Bertz CT molecular complexity index is 143. The van der Waals surface area contributed by atoms with Crippen molar-refractivity contribution in [1.82, 2.24) is 0 Å². The summed E-state index contributed by atoms with van der Waals surface area (Å²) >= 11 is 11.6. The van der Waals surface area contributed by atoms with Gasteiger partial charge in [-0.1, -0.05) is 57.9 Å². The van der Waals surface area contributed by atoms with Crippen LogP contribution in [-0.2, 0) is 0 Å². The molecule has 0 saturated heterocycles. The molecule has 1 atom stereocenters. The lowest BCUT2D eigenvalue weighted by atomic mass is 10.0. The van der Waals surface area contributed by atoms with Crippen LogP contribution in [0.1, 0.15) is 58.3 Å². The molecule has 0 aromatic heterocycles. The fraction of sp³-hybridized carbons (Fsp3) is 0.846. The van der Waals surface area contributed by atoms with E-state index in [1.807, 2.05) is 6.08 Å². The van der Waals surface area contributed by atoms with E-state index in [-0.39, 0.29) is 10.8 Å². The van der Waals surface area contributed by atoms with E-state index in [9.17, 15) is 0 Å². The van der Waals surface area contributed by atoms with Crippen molar-refractivity contribution in [3.05, 3.63) is 12.7 Å². The van der Waals surface area contributed by atoms with Gasteiger partial charge in [-0.2, -0.15) is 0 Å². The van der Waals surface area contributed by atoms with E-state index < -0.39 is 0 Å². The second-order valence-corrected chi connectivity index (χ2v) is 5.31. The fourth-order valence-corrected chi connectivity index (χ4v) is 2.14. The maximum absolute atomic E-state index is 5.82. The van der Waals surface area contributed by atoms with Gasteiger partial charge in [0.2, 0.25) is 0 Å². The highest BCUT2D eigenvalue weighted by Gasteiger charge is 2.11. The lowest BCUT2D eigenvalue weighted by molar-refractivity contribution is 0.531. The van der Waals surface area contributed by atoms with Gasteiger partial charge in [0.25, 0.3) is 0 Å². The summed E-state index contributed by atoms with van der Waals surface area (Å²) in [6, 6.07) is 0. The number of alkyl halides is 2. The second-order valence-electron chi connectivity index (χ2n) is 4.14. The molecule has 0 aromatic rings. The molecule has 0 bridgehead atoms. The molecule has 0 amide bonds. The van der Waals surface area contributed by atoms with Crippen molar-refractivity contribution >= 4 is 23.2 Å². The lowest BCUT2D eigenvalue weighted by Gasteiger charge is -2.12. The molecule has 0 saturated carbocycles. The average molecular weight is 251 g/mol. The first-order valence-corrected chi connectivity index (χ1v) is 7.00. The zero-order valence-corrected chi connectivity index (χ0v) is 11.4. The molecule has 0 aliphatic carbocycles. The van der Waals surface area contributed by atoms with Crippen LogP contribution in [0, 0.1) is 5.92 Å². The normalized spacial score (nSPS) is 13.1. The largest absolute Gasteiger partial charge is 0.114 e. The van der Waals surface area contributed by atoms with Crippen molar-refractivity contribution in [2.24, 2.45) is 5.92 Å². The molecule has 0 fully saturated rings. The summed E-state index contributed by atoms with van der Waals surface area (Å²) in [5, 5.41) is 0. The highest BCUT2D eigenvalue weighted by molar-refractivity contribution is 6.44. The first kappa shape index (κ1) is 15.3. The maximum Gasteiger partial charge on any atom is 0.114 e. The predicted octanol–water partition coefficient (Wildman–Crippen LogP) is 5.73. The molecular formula is C13H24Cl2. The Morgan fingerprint density at radius 1 is 1.00 bits per heavy atom. The van der Waals surface area contributed by atoms with E-state index in [2.05, 4.69) is 13.5 Å². The van der Waals surface area contributed by atoms with Crippen LogP contribution in [0.4, 0.5) is 0 Å². The number of rotatable bonds is 10. The molecule has 0 aliphatic rings. The SMILES string of the molecule is C=CC(CCCCCCCCC)C(Cl)Cl. The molecule has 15 heavy (non-hydrogen) atoms. The molecule has 0 heterocycles. The van der Waals surface area contributed by atoms with Gasteiger partial charge in [-0.3, -0.25) is 0 Å². The highest BCUT2D eigenvalue weighted by atomic mass is 35.5. The summed E-state index contributed by atoms with van der Waals surface area (Å²) in [5.41, 5.74) is 0. The Hall–Kier alpha value is 0.320. The Labute approximate surface area is 105 Å². The first-order valence-electron chi connectivity index (χ1n) is 6.13. The van der Waals surface area contributed by atoms with Gasteiger partial charge in [0, 0.05) is 5.92 Å². The third-order valence-electron chi connectivity index (χ3n) is 2.77. The van der Waals surface area contributed by atoms with Crippen LogP contribution in [0.15, 0.2) is 12.7 Å². The lowest BCUT2D eigenvalue weighted by Crippen LogP contribution is -2.05. The summed E-state index contributed by atoms with van der Waals surface area (Å²) < 4.78 is 0. The Morgan fingerprint density at radius 3 is 2.00 bits per heavy atom. The predicted molar refractivity (Wildman–Crippen MR) is 71.8 cm³/mol. The third kappa shape index (κ3) is 9.26. The molecule has 0 nitrogen and oxygen atoms in total. The Balaban J connectivity index is 3.25. The molecule has 0 spiro atoms. The van der Waals surface area contributed by atoms with Crippen molar-refractivity contribution in [3.63, 3.8) is 0 Å². The van der Waals surface area contributed by atoms with Crippen LogP contribution in [0.3, 0.4) is 0 Å². The van der Waals surface area contributed by atoms with Gasteiger partial charge in [-0.05, 0) is 6.42 Å². The topological polar surface area (TPSA) is 0 Å². The van der Waals surface area contributed by atoms with E-state index in [4.69, 9.17) is 23.2 Å². The molecule has 0 aliphatic heterocycles.